The topological polar surface area (TPSA) is 165 Å². The van der Waals surface area contributed by atoms with E-state index < -0.39 is 58.0 Å². The number of fused-ring (bicyclic) bond motifs is 3. The quantitative estimate of drug-likeness (QED) is 0.376. The number of aliphatic hydroxyl groups is 3. The lowest BCUT2D eigenvalue weighted by Gasteiger charge is -2.50. The molecular weight excluding hydrogens is 466 g/mol. The lowest BCUT2D eigenvalue weighted by atomic mass is 9.57. The van der Waals surface area contributed by atoms with E-state index in [-0.39, 0.29) is 42.1 Å². The number of carbonyl (C=O) groups is 3. The fourth-order valence-electron chi connectivity index (χ4n) is 5.65. The van der Waals surface area contributed by atoms with Gasteiger partial charge < -0.3 is 31.1 Å². The molecule has 1 amide bonds. The predicted octanol–water partition coefficient (Wildman–Crippen LogP) is 0.452. The summed E-state index contributed by atoms with van der Waals surface area (Å²) in [6.07, 6.45) is 0.324. The molecule has 4 rings (SSSR count). The van der Waals surface area contributed by atoms with Crippen LogP contribution in [-0.2, 0) is 20.8 Å². The first-order chi connectivity index (χ1) is 15.3. The zero-order valence-corrected chi connectivity index (χ0v) is 20.0. The number of aromatic hydroxyl groups is 1. The molecule has 1 fully saturated rings. The minimum atomic E-state index is -2.63. The molecule has 34 heavy (non-hydrogen) atoms. The van der Waals surface area contributed by atoms with Crippen LogP contribution in [0.4, 0.5) is 5.69 Å². The predicted molar refractivity (Wildman–Crippen MR) is 126 cm³/mol. The van der Waals surface area contributed by atoms with Gasteiger partial charge in [0.2, 0.25) is 5.78 Å². The molecule has 0 aromatic heterocycles. The number of benzene rings is 1. The second-order valence-corrected chi connectivity index (χ2v) is 9.31. The van der Waals surface area contributed by atoms with E-state index in [2.05, 4.69) is 0 Å². The molecule has 0 heterocycles. The second-order valence-electron chi connectivity index (χ2n) is 9.31. The number of carbonyl (C=O) groups excluding carboxylic acids is 3. The van der Waals surface area contributed by atoms with Crippen molar-refractivity contribution in [1.29, 1.82) is 0 Å². The van der Waals surface area contributed by atoms with Crippen molar-refractivity contribution >= 4 is 41.3 Å². The molecule has 1 saturated carbocycles. The van der Waals surface area contributed by atoms with Crippen LogP contribution in [0.3, 0.4) is 0 Å². The van der Waals surface area contributed by atoms with Crippen LogP contribution in [-0.4, -0.2) is 82.6 Å². The maximum Gasteiger partial charge on any atom is 0.255 e. The summed E-state index contributed by atoms with van der Waals surface area (Å²) in [7, 11) is 6.75. The molecule has 3 aliphatic rings. The van der Waals surface area contributed by atoms with Crippen LogP contribution < -0.4 is 10.6 Å². The highest BCUT2D eigenvalue weighted by molar-refractivity contribution is 6.24. The van der Waals surface area contributed by atoms with Gasteiger partial charge in [-0.05, 0) is 50.6 Å². The van der Waals surface area contributed by atoms with Crippen molar-refractivity contribution in [2.75, 3.05) is 33.1 Å². The van der Waals surface area contributed by atoms with Crippen LogP contribution in [0.5, 0.6) is 5.75 Å². The van der Waals surface area contributed by atoms with E-state index in [0.717, 1.165) is 5.69 Å². The Morgan fingerprint density at radius 2 is 1.74 bits per heavy atom. The van der Waals surface area contributed by atoms with Crippen LogP contribution in [0.2, 0.25) is 0 Å². The Kier molecular flexibility index (Phi) is 6.23. The normalized spacial score (nSPS) is 28.2. The number of likely N-dealkylation sites (N-methyl/N-ethyl adjacent to an activating group) is 1. The average molecular weight is 494 g/mol. The summed E-state index contributed by atoms with van der Waals surface area (Å²) in [5.74, 6) is -6.54. The van der Waals surface area contributed by atoms with Crippen molar-refractivity contribution in [3.8, 4) is 5.75 Å². The summed E-state index contributed by atoms with van der Waals surface area (Å²) in [5.41, 5.74) is 3.15. The van der Waals surface area contributed by atoms with Crippen molar-refractivity contribution in [2.45, 2.75) is 24.5 Å². The van der Waals surface area contributed by atoms with Crippen molar-refractivity contribution in [3.05, 3.63) is 40.2 Å². The monoisotopic (exact) mass is 493 g/mol. The highest BCUT2D eigenvalue weighted by Crippen LogP contribution is 2.53. The third-order valence-corrected chi connectivity index (χ3v) is 7.06. The van der Waals surface area contributed by atoms with Crippen molar-refractivity contribution in [3.63, 3.8) is 0 Å². The molecule has 1 aromatic rings. The van der Waals surface area contributed by atoms with Gasteiger partial charge in [-0.1, -0.05) is 0 Å². The van der Waals surface area contributed by atoms with Crippen molar-refractivity contribution in [2.24, 2.45) is 17.6 Å². The number of rotatable bonds is 3. The number of hydrogen-bond donors (Lipinski definition) is 5. The third-order valence-electron chi connectivity index (χ3n) is 7.06. The van der Waals surface area contributed by atoms with E-state index in [4.69, 9.17) is 5.73 Å². The number of halogens is 1. The zero-order chi connectivity index (χ0) is 24.6. The molecule has 0 aliphatic heterocycles. The molecule has 0 spiro atoms. The van der Waals surface area contributed by atoms with Crippen LogP contribution in [0.25, 0.3) is 5.76 Å². The Morgan fingerprint density at radius 3 is 2.26 bits per heavy atom. The summed E-state index contributed by atoms with van der Waals surface area (Å²) < 4.78 is 0. The highest BCUT2D eigenvalue weighted by Gasteiger charge is 2.64. The number of amides is 1. The number of anilines is 1. The van der Waals surface area contributed by atoms with Gasteiger partial charge in [0.1, 0.15) is 22.8 Å². The van der Waals surface area contributed by atoms with Gasteiger partial charge >= 0.3 is 0 Å². The number of primary amides is 1. The van der Waals surface area contributed by atoms with Crippen molar-refractivity contribution < 1.29 is 34.8 Å². The molecular formula is C23H28ClN3O7. The minimum Gasteiger partial charge on any atom is -0.508 e. The molecule has 3 unspecified atom stereocenters. The van der Waals surface area contributed by atoms with E-state index >= 15 is 0 Å². The van der Waals surface area contributed by atoms with Gasteiger partial charge in [-0.15, -0.1) is 12.4 Å². The molecule has 0 saturated heterocycles. The summed E-state index contributed by atoms with van der Waals surface area (Å²) in [6, 6.07) is 2.01. The lowest BCUT2D eigenvalue weighted by molar-refractivity contribution is -0.153. The largest absolute Gasteiger partial charge is 0.508 e. The first kappa shape index (κ1) is 25.5. The minimum absolute atomic E-state index is 0. The lowest BCUT2D eigenvalue weighted by Crippen LogP contribution is -2.65. The van der Waals surface area contributed by atoms with E-state index in [1.165, 1.54) is 11.0 Å². The van der Waals surface area contributed by atoms with Gasteiger partial charge in [-0.2, -0.15) is 0 Å². The Bertz CT molecular complexity index is 1170. The van der Waals surface area contributed by atoms with Gasteiger partial charge in [-0.3, -0.25) is 19.3 Å². The van der Waals surface area contributed by atoms with Crippen LogP contribution >= 0.6 is 12.4 Å². The number of hydrogen-bond acceptors (Lipinski definition) is 9. The molecule has 11 heteroatoms. The molecule has 3 aliphatic carbocycles. The van der Waals surface area contributed by atoms with Gasteiger partial charge in [0, 0.05) is 31.3 Å². The third kappa shape index (κ3) is 3.20. The molecule has 184 valence electrons. The number of ketones is 2. The van der Waals surface area contributed by atoms with Gasteiger partial charge in [0.05, 0.1) is 11.6 Å². The van der Waals surface area contributed by atoms with Crippen LogP contribution in [0.1, 0.15) is 17.5 Å². The van der Waals surface area contributed by atoms with Crippen LogP contribution in [0.15, 0.2) is 29.0 Å². The fourth-order valence-corrected chi connectivity index (χ4v) is 5.65. The number of phenols is 1. The van der Waals surface area contributed by atoms with Crippen LogP contribution in [0, 0.1) is 11.8 Å². The summed E-state index contributed by atoms with van der Waals surface area (Å²) >= 11 is 0. The number of aliphatic hydroxyl groups excluding tert-OH is 2. The van der Waals surface area contributed by atoms with Gasteiger partial charge in [0.25, 0.3) is 5.91 Å². The summed E-state index contributed by atoms with van der Waals surface area (Å²) in [6.45, 7) is 0. The zero-order valence-electron chi connectivity index (χ0n) is 19.2. The van der Waals surface area contributed by atoms with E-state index in [0.29, 0.717) is 5.56 Å². The molecule has 0 bridgehead atoms. The Labute approximate surface area is 202 Å². The highest BCUT2D eigenvalue weighted by atomic mass is 35.5. The fraction of sp³-hybridized carbons (Fsp3) is 0.435. The standard InChI is InChI=1S/C23H27N3O7.ClH/c1-25(2)12-5-6-13(27)15-10(12)7-9-8-11-17(26(3)4)19(29)16(22(24)32)21(31)23(11,33)20(30)14(9)18(15)28;/h5-6,9,11,17,27-28,31,33H,7-8H2,1-4H3,(H2,24,32);1H/t9?,11?,17?,23-;/m0./s1. The molecule has 0 radical (unpaired) electrons. The molecule has 10 nitrogen and oxygen atoms in total. The second kappa shape index (κ2) is 8.30. The SMILES string of the molecule is CN(C)c1ccc(O)c2c1CC1CC3C(N(C)C)C(=O)C(C(N)=O)=C(O)[C@@]3(O)C(=O)C1=C2O.Cl. The van der Waals surface area contributed by atoms with E-state index in [9.17, 15) is 34.8 Å². The summed E-state index contributed by atoms with van der Waals surface area (Å²) in [4.78, 5) is 42.0. The average Bonchev–Trinajstić information content (AvgIpc) is 2.70. The smallest absolute Gasteiger partial charge is 0.255 e. The number of nitrogens with two attached hydrogens (primary N) is 1. The van der Waals surface area contributed by atoms with Crippen molar-refractivity contribution in [1.82, 2.24) is 4.90 Å². The van der Waals surface area contributed by atoms with Gasteiger partial charge in [0.15, 0.2) is 11.4 Å². The molecule has 6 N–H and O–H groups in total. The van der Waals surface area contributed by atoms with E-state index in [1.54, 1.807) is 20.2 Å². The number of phenolic OH excluding ortho intramolecular Hbond substituents is 1. The molecule has 1 aromatic carbocycles. The maximum absolute atomic E-state index is 13.7. The Balaban J connectivity index is 0.00000324. The first-order valence-corrected chi connectivity index (χ1v) is 10.5. The molecule has 4 atom stereocenters. The number of nitrogens with zero attached hydrogens (tertiary/aromatic N) is 2. The maximum atomic E-state index is 13.7. The summed E-state index contributed by atoms with van der Waals surface area (Å²) in [5, 5.41) is 43.9. The number of Topliss-reactive ketones (excluding diaryl/α,β-unsaturated/α-hetero) is 2. The first-order valence-electron chi connectivity index (χ1n) is 10.5. The van der Waals surface area contributed by atoms with Gasteiger partial charge in [-0.25, -0.2) is 0 Å². The van der Waals surface area contributed by atoms with E-state index in [1.807, 2.05) is 19.0 Å². The Morgan fingerprint density at radius 1 is 1.12 bits per heavy atom. The Hall–Kier alpha value is -3.08.